The summed E-state index contributed by atoms with van der Waals surface area (Å²) < 4.78 is 0. The fourth-order valence-electron chi connectivity index (χ4n) is 4.17. The first kappa shape index (κ1) is 23.1. The number of rotatable bonds is 5. The van der Waals surface area contributed by atoms with Crippen LogP contribution >= 0.6 is 36.2 Å². The van der Waals surface area contributed by atoms with Gasteiger partial charge in [-0.25, -0.2) is 4.98 Å². The van der Waals surface area contributed by atoms with Crippen molar-refractivity contribution in [3.8, 4) is 0 Å². The van der Waals surface area contributed by atoms with E-state index in [9.17, 15) is 4.79 Å². The Hall–Kier alpha value is -1.18. The molecule has 5 nitrogen and oxygen atoms in total. The minimum absolute atomic E-state index is 0. The predicted molar refractivity (Wildman–Crippen MR) is 120 cm³/mol. The highest BCUT2D eigenvalue weighted by Crippen LogP contribution is 2.32. The molecule has 0 bridgehead atoms. The Morgan fingerprint density at radius 1 is 1.18 bits per heavy atom. The molecular formula is C20H28Cl2N4OS. The number of hydrogen-bond acceptors (Lipinski definition) is 5. The first-order chi connectivity index (χ1) is 12.7. The van der Waals surface area contributed by atoms with Crippen LogP contribution in [0.15, 0.2) is 30.3 Å². The molecule has 3 N–H and O–H groups in total. The lowest BCUT2D eigenvalue weighted by atomic mass is 9.89. The van der Waals surface area contributed by atoms with E-state index >= 15 is 0 Å². The number of carbonyl (C=O) groups excluding carboxylic acids is 1. The zero-order valence-corrected chi connectivity index (χ0v) is 18.3. The van der Waals surface area contributed by atoms with Gasteiger partial charge in [0.25, 0.3) is 0 Å². The van der Waals surface area contributed by atoms with Gasteiger partial charge in [-0.1, -0.05) is 30.3 Å². The van der Waals surface area contributed by atoms with Crippen LogP contribution in [-0.4, -0.2) is 42.0 Å². The smallest absolute Gasteiger partial charge is 0.240 e. The lowest BCUT2D eigenvalue weighted by Crippen LogP contribution is -2.32. The van der Waals surface area contributed by atoms with Crippen molar-refractivity contribution in [3.63, 3.8) is 0 Å². The summed E-state index contributed by atoms with van der Waals surface area (Å²) in [6.45, 7) is 2.81. The van der Waals surface area contributed by atoms with Crippen molar-refractivity contribution in [1.82, 2.24) is 9.88 Å². The number of amides is 1. The molecule has 1 aromatic heterocycles. The van der Waals surface area contributed by atoms with Gasteiger partial charge in [0, 0.05) is 23.9 Å². The van der Waals surface area contributed by atoms with Gasteiger partial charge in [-0.05, 0) is 43.7 Å². The predicted octanol–water partition coefficient (Wildman–Crippen LogP) is 3.48. The van der Waals surface area contributed by atoms with E-state index in [2.05, 4.69) is 39.5 Å². The maximum absolute atomic E-state index is 12.5. The van der Waals surface area contributed by atoms with Crippen molar-refractivity contribution in [1.29, 1.82) is 0 Å². The minimum Gasteiger partial charge on any atom is -0.330 e. The van der Waals surface area contributed by atoms with E-state index in [0.717, 1.165) is 31.1 Å². The summed E-state index contributed by atoms with van der Waals surface area (Å²) in [6.07, 6.45) is 4.59. The quantitative estimate of drug-likeness (QED) is 0.743. The number of halogens is 2. The summed E-state index contributed by atoms with van der Waals surface area (Å²) in [6, 6.07) is 10.5. The number of nitrogens with zero attached hydrogens (tertiary/aromatic N) is 2. The first-order valence-electron chi connectivity index (χ1n) is 9.48. The second kappa shape index (κ2) is 10.6. The SMILES string of the molecule is Cl.Cl.NC[C@@H]1CN(CC(=O)Nc2nc3c(s2)CCCC3)C[C@H]1c1ccccc1. The van der Waals surface area contributed by atoms with Gasteiger partial charge in [-0.3, -0.25) is 9.69 Å². The Kier molecular flexibility index (Phi) is 8.71. The van der Waals surface area contributed by atoms with Crippen LogP contribution in [-0.2, 0) is 17.6 Å². The molecule has 2 heterocycles. The molecule has 2 aromatic rings. The Labute approximate surface area is 182 Å². The van der Waals surface area contributed by atoms with Gasteiger partial charge in [0.1, 0.15) is 0 Å². The summed E-state index contributed by atoms with van der Waals surface area (Å²) in [5.41, 5.74) is 8.50. The monoisotopic (exact) mass is 442 g/mol. The third kappa shape index (κ3) is 5.24. The van der Waals surface area contributed by atoms with Gasteiger partial charge < -0.3 is 11.1 Å². The van der Waals surface area contributed by atoms with Crippen LogP contribution in [0.25, 0.3) is 0 Å². The summed E-state index contributed by atoms with van der Waals surface area (Å²) >= 11 is 1.64. The summed E-state index contributed by atoms with van der Waals surface area (Å²) in [5, 5.41) is 3.77. The average Bonchev–Trinajstić information content (AvgIpc) is 3.25. The maximum Gasteiger partial charge on any atom is 0.240 e. The highest BCUT2D eigenvalue weighted by atomic mass is 35.5. The number of anilines is 1. The van der Waals surface area contributed by atoms with Gasteiger partial charge in [0.15, 0.2) is 5.13 Å². The van der Waals surface area contributed by atoms with Crippen molar-refractivity contribution in [3.05, 3.63) is 46.5 Å². The summed E-state index contributed by atoms with van der Waals surface area (Å²) in [4.78, 5) is 20.7. The van der Waals surface area contributed by atoms with E-state index in [-0.39, 0.29) is 30.7 Å². The molecule has 0 spiro atoms. The van der Waals surface area contributed by atoms with E-state index in [1.54, 1.807) is 11.3 Å². The standard InChI is InChI=1S/C20H26N4OS.2ClH/c21-10-15-11-24(12-16(15)14-6-2-1-3-7-14)13-19(25)23-20-22-17-8-4-5-9-18(17)26-20;;/h1-3,6-7,15-16H,4-5,8-13,21H2,(H,22,23,25);2*1H/t15-,16+;;/m1../s1. The number of fused-ring (bicyclic) bond motifs is 1. The number of benzene rings is 1. The lowest BCUT2D eigenvalue weighted by Gasteiger charge is -2.16. The number of likely N-dealkylation sites (tertiary alicyclic amines) is 1. The van der Waals surface area contributed by atoms with Crippen LogP contribution in [0.1, 0.15) is 34.9 Å². The fourth-order valence-corrected chi connectivity index (χ4v) is 5.24. The second-order valence-electron chi connectivity index (χ2n) is 7.35. The van der Waals surface area contributed by atoms with E-state index in [1.165, 1.54) is 29.0 Å². The molecule has 2 aliphatic rings. The van der Waals surface area contributed by atoms with Gasteiger partial charge in [0.05, 0.1) is 12.2 Å². The van der Waals surface area contributed by atoms with Crippen LogP contribution in [0.5, 0.6) is 0 Å². The first-order valence-corrected chi connectivity index (χ1v) is 10.3. The van der Waals surface area contributed by atoms with Gasteiger partial charge >= 0.3 is 0 Å². The lowest BCUT2D eigenvalue weighted by molar-refractivity contribution is -0.117. The number of aromatic nitrogens is 1. The van der Waals surface area contributed by atoms with Crippen molar-refractivity contribution < 1.29 is 4.79 Å². The molecule has 1 saturated heterocycles. The van der Waals surface area contributed by atoms with Gasteiger partial charge in [0.2, 0.25) is 5.91 Å². The fraction of sp³-hybridized carbons (Fsp3) is 0.500. The summed E-state index contributed by atoms with van der Waals surface area (Å²) in [7, 11) is 0. The molecule has 1 aromatic carbocycles. The Bertz CT molecular complexity index is 747. The molecule has 1 aliphatic heterocycles. The molecule has 1 aliphatic carbocycles. The molecule has 28 heavy (non-hydrogen) atoms. The molecule has 1 amide bonds. The van der Waals surface area contributed by atoms with Crippen LogP contribution in [0.3, 0.4) is 0 Å². The Morgan fingerprint density at radius 2 is 1.93 bits per heavy atom. The number of hydrogen-bond donors (Lipinski definition) is 2. The second-order valence-corrected chi connectivity index (χ2v) is 8.43. The Balaban J connectivity index is 0.00000140. The highest BCUT2D eigenvalue weighted by Gasteiger charge is 2.33. The van der Waals surface area contributed by atoms with E-state index < -0.39 is 0 Å². The zero-order valence-electron chi connectivity index (χ0n) is 15.8. The third-order valence-electron chi connectivity index (χ3n) is 5.51. The summed E-state index contributed by atoms with van der Waals surface area (Å²) in [5.74, 6) is 0.833. The number of nitrogens with one attached hydrogen (secondary N) is 1. The largest absolute Gasteiger partial charge is 0.330 e. The normalized spacial score (nSPS) is 21.3. The molecular weight excluding hydrogens is 415 g/mol. The number of aryl methyl sites for hydroxylation is 2. The van der Waals surface area contributed by atoms with E-state index in [1.807, 2.05) is 6.07 Å². The van der Waals surface area contributed by atoms with Crippen LogP contribution < -0.4 is 11.1 Å². The molecule has 154 valence electrons. The molecule has 8 heteroatoms. The molecule has 0 unspecified atom stereocenters. The number of carbonyl (C=O) groups is 1. The van der Waals surface area contributed by atoms with E-state index in [4.69, 9.17) is 5.73 Å². The van der Waals surface area contributed by atoms with Crippen molar-refractivity contribution in [2.24, 2.45) is 11.7 Å². The Morgan fingerprint density at radius 3 is 2.64 bits per heavy atom. The van der Waals surface area contributed by atoms with E-state index in [0.29, 0.717) is 24.9 Å². The number of thiazole rings is 1. The van der Waals surface area contributed by atoms with Crippen LogP contribution in [0.4, 0.5) is 5.13 Å². The average molecular weight is 443 g/mol. The molecule has 2 atom stereocenters. The molecule has 0 saturated carbocycles. The molecule has 0 radical (unpaired) electrons. The van der Waals surface area contributed by atoms with Gasteiger partial charge in [-0.15, -0.1) is 36.2 Å². The van der Waals surface area contributed by atoms with Crippen molar-refractivity contribution in [2.45, 2.75) is 31.6 Å². The minimum atomic E-state index is 0. The maximum atomic E-state index is 12.5. The van der Waals surface area contributed by atoms with Crippen molar-refractivity contribution >= 4 is 47.2 Å². The topological polar surface area (TPSA) is 71.2 Å². The highest BCUT2D eigenvalue weighted by molar-refractivity contribution is 7.15. The van der Waals surface area contributed by atoms with Gasteiger partial charge in [-0.2, -0.15) is 0 Å². The van der Waals surface area contributed by atoms with Crippen molar-refractivity contribution in [2.75, 3.05) is 31.5 Å². The van der Waals surface area contributed by atoms with Crippen LogP contribution in [0.2, 0.25) is 0 Å². The molecule has 1 fully saturated rings. The van der Waals surface area contributed by atoms with Crippen LogP contribution in [0, 0.1) is 5.92 Å². The molecule has 4 rings (SSSR count). The zero-order chi connectivity index (χ0) is 17.9. The number of nitrogens with two attached hydrogens (primary N) is 1. The third-order valence-corrected chi connectivity index (χ3v) is 6.58.